The number of aryl methyl sites for hydroxylation is 1. The van der Waals surface area contributed by atoms with Crippen LogP contribution in [0.5, 0.6) is 17.2 Å². The minimum Gasteiger partial charge on any atom is -0.497 e. The summed E-state index contributed by atoms with van der Waals surface area (Å²) in [6.45, 7) is 3.53. The molecule has 0 saturated carbocycles. The molecule has 0 radical (unpaired) electrons. The molecule has 0 bridgehead atoms. The van der Waals surface area contributed by atoms with Crippen LogP contribution in [0.1, 0.15) is 45.4 Å². The summed E-state index contributed by atoms with van der Waals surface area (Å²) < 4.78 is 36.2. The Morgan fingerprint density at radius 2 is 1.81 bits per heavy atom. The first kappa shape index (κ1) is 23.4. The molecule has 8 heteroatoms. The molecule has 0 spiro atoms. The lowest BCUT2D eigenvalue weighted by Crippen LogP contribution is -2.36. The van der Waals surface area contributed by atoms with Crippen LogP contribution in [0, 0.1) is 12.7 Å². The number of anilines is 1. The fourth-order valence-electron chi connectivity index (χ4n) is 4.63. The summed E-state index contributed by atoms with van der Waals surface area (Å²) in [6, 6.07) is 14.3. The van der Waals surface area contributed by atoms with E-state index in [-0.39, 0.29) is 23.8 Å². The number of hydrogen-bond acceptors (Lipinski definition) is 6. The van der Waals surface area contributed by atoms with Gasteiger partial charge < -0.3 is 23.9 Å². The van der Waals surface area contributed by atoms with E-state index in [1.807, 2.05) is 0 Å². The maximum absolute atomic E-state index is 13.4. The Kier molecular flexibility index (Phi) is 5.67. The number of ketones is 1. The first-order chi connectivity index (χ1) is 17.2. The van der Waals surface area contributed by atoms with Gasteiger partial charge in [-0.3, -0.25) is 9.59 Å². The van der Waals surface area contributed by atoms with Crippen molar-refractivity contribution in [2.75, 3.05) is 19.5 Å². The van der Waals surface area contributed by atoms with Crippen LogP contribution in [-0.2, 0) is 5.60 Å². The highest BCUT2D eigenvalue weighted by molar-refractivity contribution is 6.15. The van der Waals surface area contributed by atoms with Crippen molar-refractivity contribution in [3.8, 4) is 17.2 Å². The highest BCUT2D eigenvalue weighted by atomic mass is 19.1. The minimum absolute atomic E-state index is 0.0535. The molecule has 1 aromatic heterocycles. The zero-order valence-corrected chi connectivity index (χ0v) is 20.2. The predicted octanol–water partition coefficient (Wildman–Crippen LogP) is 6.03. The van der Waals surface area contributed by atoms with Crippen molar-refractivity contribution in [1.29, 1.82) is 0 Å². The summed E-state index contributed by atoms with van der Waals surface area (Å²) >= 11 is 0. The van der Waals surface area contributed by atoms with Crippen molar-refractivity contribution in [2.24, 2.45) is 0 Å². The summed E-state index contributed by atoms with van der Waals surface area (Å²) in [5, 5.41) is 3.33. The van der Waals surface area contributed by atoms with Gasteiger partial charge in [0.05, 0.1) is 31.9 Å². The van der Waals surface area contributed by atoms with Crippen molar-refractivity contribution in [3.05, 3.63) is 82.9 Å². The van der Waals surface area contributed by atoms with E-state index < -0.39 is 11.5 Å². The molecular weight excluding hydrogens is 465 g/mol. The summed E-state index contributed by atoms with van der Waals surface area (Å²) in [4.78, 5) is 26.6. The number of ether oxygens (including phenoxy) is 3. The maximum Gasteiger partial charge on any atom is 0.291 e. The average Bonchev–Trinajstić information content (AvgIpc) is 3.20. The molecule has 1 unspecified atom stereocenters. The Morgan fingerprint density at radius 1 is 1.06 bits per heavy atom. The fourth-order valence-corrected chi connectivity index (χ4v) is 4.63. The smallest absolute Gasteiger partial charge is 0.291 e. The van der Waals surface area contributed by atoms with Crippen LogP contribution in [0.15, 0.2) is 59.0 Å². The van der Waals surface area contributed by atoms with Gasteiger partial charge in [0, 0.05) is 17.0 Å². The lowest BCUT2D eigenvalue weighted by atomic mass is 9.84. The summed E-state index contributed by atoms with van der Waals surface area (Å²) in [7, 11) is 3.03. The molecule has 3 aromatic carbocycles. The van der Waals surface area contributed by atoms with Gasteiger partial charge in [0.1, 0.15) is 34.2 Å². The number of amides is 1. The van der Waals surface area contributed by atoms with E-state index in [4.69, 9.17) is 18.6 Å². The van der Waals surface area contributed by atoms with Crippen LogP contribution in [0.4, 0.5) is 10.1 Å². The Labute approximate surface area is 206 Å². The van der Waals surface area contributed by atoms with Gasteiger partial charge in [0.25, 0.3) is 5.91 Å². The molecule has 36 heavy (non-hydrogen) atoms. The van der Waals surface area contributed by atoms with Gasteiger partial charge in [-0.1, -0.05) is 12.1 Å². The molecule has 0 aliphatic carbocycles. The number of fused-ring (bicyclic) bond motifs is 3. The van der Waals surface area contributed by atoms with Gasteiger partial charge in [-0.05, 0) is 55.8 Å². The van der Waals surface area contributed by atoms with Crippen molar-refractivity contribution in [3.63, 3.8) is 0 Å². The van der Waals surface area contributed by atoms with Crippen molar-refractivity contribution >= 4 is 28.3 Å². The zero-order valence-electron chi connectivity index (χ0n) is 20.2. The van der Waals surface area contributed by atoms with Crippen LogP contribution >= 0.6 is 0 Å². The maximum atomic E-state index is 13.4. The second-order valence-corrected chi connectivity index (χ2v) is 8.83. The van der Waals surface area contributed by atoms with Crippen LogP contribution in [0.3, 0.4) is 0 Å². The molecule has 1 aliphatic rings. The molecular formula is C28H24FNO6. The number of furan rings is 1. The Balaban J connectivity index is 1.53. The van der Waals surface area contributed by atoms with Crippen LogP contribution < -0.4 is 19.5 Å². The first-order valence-corrected chi connectivity index (χ1v) is 11.3. The second kappa shape index (κ2) is 8.71. The predicted molar refractivity (Wildman–Crippen MR) is 132 cm³/mol. The standard InChI is InChI=1S/C28H24FNO6/c1-15-24-22(35-26(15)27(32)30-19-13-18(33-3)9-10-21(19)34-4)11-12-23-25(24)20(31)14-28(2,36-23)16-5-7-17(29)8-6-16/h5-13H,14H2,1-4H3,(H,30,32). The Hall–Kier alpha value is -4.33. The Morgan fingerprint density at radius 3 is 2.50 bits per heavy atom. The van der Waals surface area contributed by atoms with Crippen LogP contribution in [0.25, 0.3) is 11.0 Å². The molecule has 4 aromatic rings. The number of nitrogens with one attached hydrogen (secondary N) is 1. The largest absolute Gasteiger partial charge is 0.497 e. The molecule has 1 atom stereocenters. The number of rotatable bonds is 5. The lowest BCUT2D eigenvalue weighted by Gasteiger charge is -2.35. The number of Topliss-reactive ketones (excluding diaryl/α,β-unsaturated/α-hetero) is 1. The number of carbonyl (C=O) groups is 2. The zero-order chi connectivity index (χ0) is 25.6. The van der Waals surface area contributed by atoms with E-state index in [2.05, 4.69) is 5.32 Å². The number of carbonyl (C=O) groups excluding carboxylic acids is 2. The molecule has 1 N–H and O–H groups in total. The quantitative estimate of drug-likeness (QED) is 0.368. The second-order valence-electron chi connectivity index (χ2n) is 8.83. The van der Waals surface area contributed by atoms with E-state index >= 15 is 0 Å². The van der Waals surface area contributed by atoms with E-state index in [9.17, 15) is 14.0 Å². The van der Waals surface area contributed by atoms with Crippen LogP contribution in [0.2, 0.25) is 0 Å². The number of benzene rings is 3. The molecule has 7 nitrogen and oxygen atoms in total. The van der Waals surface area contributed by atoms with Crippen LogP contribution in [-0.4, -0.2) is 25.9 Å². The molecule has 0 fully saturated rings. The molecule has 5 rings (SSSR count). The molecule has 0 saturated heterocycles. The third-order valence-electron chi connectivity index (χ3n) is 6.48. The van der Waals surface area contributed by atoms with Gasteiger partial charge in [-0.25, -0.2) is 4.39 Å². The van der Waals surface area contributed by atoms with Gasteiger partial charge in [0.2, 0.25) is 0 Å². The van der Waals surface area contributed by atoms with Crippen molar-refractivity contribution in [1.82, 2.24) is 0 Å². The Bertz CT molecular complexity index is 1510. The van der Waals surface area contributed by atoms with E-state index in [0.717, 1.165) is 0 Å². The summed E-state index contributed by atoms with van der Waals surface area (Å²) in [5.41, 5.74) is 1.44. The minimum atomic E-state index is -0.952. The van der Waals surface area contributed by atoms with E-state index in [0.29, 0.717) is 50.6 Å². The SMILES string of the molecule is COc1ccc(OC)c(NC(=O)c2oc3ccc4c(c3c2C)C(=O)CC(C)(c2ccc(F)cc2)O4)c1. The highest BCUT2D eigenvalue weighted by Gasteiger charge is 2.40. The van der Waals surface area contributed by atoms with Gasteiger partial charge in [-0.2, -0.15) is 0 Å². The molecule has 184 valence electrons. The highest BCUT2D eigenvalue weighted by Crippen LogP contribution is 2.44. The summed E-state index contributed by atoms with van der Waals surface area (Å²) in [5.74, 6) is 0.451. The first-order valence-electron chi connectivity index (χ1n) is 11.3. The number of halogens is 1. The third kappa shape index (κ3) is 3.84. The normalized spacial score (nSPS) is 16.9. The van der Waals surface area contributed by atoms with Gasteiger partial charge >= 0.3 is 0 Å². The topological polar surface area (TPSA) is 87.0 Å². The van der Waals surface area contributed by atoms with Gasteiger partial charge in [0.15, 0.2) is 11.5 Å². The monoisotopic (exact) mass is 489 g/mol. The number of hydrogen-bond donors (Lipinski definition) is 1. The summed E-state index contributed by atoms with van der Waals surface area (Å²) in [6.07, 6.45) is 0.0535. The molecule has 1 amide bonds. The van der Waals surface area contributed by atoms with Crippen molar-refractivity contribution < 1.29 is 32.6 Å². The van der Waals surface area contributed by atoms with Crippen molar-refractivity contribution in [2.45, 2.75) is 25.9 Å². The van der Waals surface area contributed by atoms with E-state index in [1.54, 1.807) is 56.3 Å². The molecule has 2 heterocycles. The number of methoxy groups -OCH3 is 2. The fraction of sp³-hybridized carbons (Fsp3) is 0.214. The third-order valence-corrected chi connectivity index (χ3v) is 6.48. The lowest BCUT2D eigenvalue weighted by molar-refractivity contribution is 0.0507. The van der Waals surface area contributed by atoms with Gasteiger partial charge in [-0.15, -0.1) is 0 Å². The molecule has 1 aliphatic heterocycles. The average molecular weight is 489 g/mol. The van der Waals surface area contributed by atoms with E-state index in [1.165, 1.54) is 26.4 Å².